The van der Waals surface area contributed by atoms with Crippen LogP contribution in [0.1, 0.15) is 15.9 Å². The molecular weight excluding hydrogens is 344 g/mol. The second-order valence-corrected chi connectivity index (χ2v) is 6.42. The smallest absolute Gasteiger partial charge is 0.342 e. The average molecular weight is 368 g/mol. The lowest BCUT2D eigenvalue weighted by molar-refractivity contribution is -0.136. The molecule has 0 radical (unpaired) electrons. The normalized spacial score (nSPS) is 14.6. The minimum absolute atomic E-state index is 0.169. The highest BCUT2D eigenvalue weighted by Gasteiger charge is 2.22. The fraction of sp³-hybridized carbons (Fsp3) is 0.333. The minimum atomic E-state index is -0.552. The maximum absolute atomic E-state index is 12.4. The molecule has 0 spiro atoms. The van der Waals surface area contributed by atoms with Crippen molar-refractivity contribution in [3.63, 3.8) is 0 Å². The molecule has 1 heterocycles. The molecule has 0 aliphatic carbocycles. The lowest BCUT2D eigenvalue weighted by Crippen LogP contribution is -2.49. The van der Waals surface area contributed by atoms with Gasteiger partial charge in [-0.1, -0.05) is 42.5 Å². The van der Waals surface area contributed by atoms with E-state index in [-0.39, 0.29) is 12.5 Å². The summed E-state index contributed by atoms with van der Waals surface area (Å²) >= 11 is 0. The Hall–Kier alpha value is -2.86. The molecule has 27 heavy (non-hydrogen) atoms. The van der Waals surface area contributed by atoms with E-state index in [0.717, 1.165) is 19.6 Å². The van der Waals surface area contributed by atoms with E-state index in [2.05, 4.69) is 17.0 Å². The molecule has 0 bridgehead atoms. The SMILES string of the molecule is COc1ccccc1C(=O)OCC(=O)N1CCN(Cc2ccccc2)CC1. The Labute approximate surface area is 159 Å². The Bertz CT molecular complexity index is 771. The maximum Gasteiger partial charge on any atom is 0.342 e. The molecule has 6 nitrogen and oxygen atoms in total. The van der Waals surface area contributed by atoms with E-state index in [0.29, 0.717) is 24.4 Å². The van der Waals surface area contributed by atoms with Crippen molar-refractivity contribution in [3.05, 3.63) is 65.7 Å². The monoisotopic (exact) mass is 368 g/mol. The fourth-order valence-electron chi connectivity index (χ4n) is 3.11. The van der Waals surface area contributed by atoms with E-state index in [1.165, 1.54) is 12.7 Å². The predicted molar refractivity (Wildman–Crippen MR) is 102 cm³/mol. The summed E-state index contributed by atoms with van der Waals surface area (Å²) in [5.74, 6) is -0.286. The lowest BCUT2D eigenvalue weighted by Gasteiger charge is -2.34. The van der Waals surface area contributed by atoms with Gasteiger partial charge in [-0.25, -0.2) is 4.79 Å². The van der Waals surface area contributed by atoms with Crippen molar-refractivity contribution in [2.45, 2.75) is 6.54 Å². The molecule has 1 fully saturated rings. The van der Waals surface area contributed by atoms with Crippen LogP contribution in [0.25, 0.3) is 0 Å². The summed E-state index contributed by atoms with van der Waals surface area (Å²) in [7, 11) is 1.49. The zero-order valence-electron chi connectivity index (χ0n) is 15.5. The van der Waals surface area contributed by atoms with Gasteiger partial charge in [0.25, 0.3) is 5.91 Å². The Morgan fingerprint density at radius 2 is 1.59 bits per heavy atom. The number of para-hydroxylation sites is 1. The van der Waals surface area contributed by atoms with Gasteiger partial charge in [-0.15, -0.1) is 0 Å². The largest absolute Gasteiger partial charge is 0.496 e. The summed E-state index contributed by atoms with van der Waals surface area (Å²) in [5.41, 5.74) is 1.59. The quantitative estimate of drug-likeness (QED) is 0.732. The Morgan fingerprint density at radius 1 is 0.926 bits per heavy atom. The molecule has 1 aliphatic rings. The molecule has 0 atom stereocenters. The summed E-state index contributed by atoms with van der Waals surface area (Å²) in [6.45, 7) is 3.51. The first kappa shape index (κ1) is 18.9. The van der Waals surface area contributed by atoms with E-state index in [1.807, 2.05) is 18.2 Å². The molecule has 1 aliphatic heterocycles. The van der Waals surface area contributed by atoms with Crippen molar-refractivity contribution in [1.29, 1.82) is 0 Å². The van der Waals surface area contributed by atoms with Gasteiger partial charge in [-0.2, -0.15) is 0 Å². The van der Waals surface area contributed by atoms with Crippen LogP contribution in [0.3, 0.4) is 0 Å². The highest BCUT2D eigenvalue weighted by molar-refractivity contribution is 5.94. The number of hydrogen-bond acceptors (Lipinski definition) is 5. The Kier molecular flexibility index (Phi) is 6.44. The summed E-state index contributed by atoms with van der Waals surface area (Å²) in [4.78, 5) is 28.6. The molecule has 0 unspecified atom stereocenters. The number of hydrogen-bond donors (Lipinski definition) is 0. The molecule has 3 rings (SSSR count). The molecule has 0 aromatic heterocycles. The van der Waals surface area contributed by atoms with Gasteiger partial charge in [-0.05, 0) is 17.7 Å². The standard InChI is InChI=1S/C21H24N2O4/c1-26-19-10-6-5-9-18(19)21(25)27-16-20(24)23-13-11-22(12-14-23)15-17-7-3-2-4-8-17/h2-10H,11-16H2,1H3. The van der Waals surface area contributed by atoms with Gasteiger partial charge in [0.05, 0.1) is 7.11 Å². The fourth-order valence-corrected chi connectivity index (χ4v) is 3.11. The van der Waals surface area contributed by atoms with Gasteiger partial charge in [0.2, 0.25) is 0 Å². The number of nitrogens with zero attached hydrogens (tertiary/aromatic N) is 2. The third kappa shape index (κ3) is 5.08. The predicted octanol–water partition coefficient (Wildman–Crippen LogP) is 2.20. The van der Waals surface area contributed by atoms with Crippen LogP contribution in [0.5, 0.6) is 5.75 Å². The minimum Gasteiger partial charge on any atom is -0.496 e. The highest BCUT2D eigenvalue weighted by Crippen LogP contribution is 2.18. The summed E-state index contributed by atoms with van der Waals surface area (Å²) < 4.78 is 10.3. The molecule has 1 amide bonds. The number of methoxy groups -OCH3 is 1. The molecule has 6 heteroatoms. The first-order valence-corrected chi connectivity index (χ1v) is 9.01. The molecular formula is C21H24N2O4. The third-order valence-corrected chi connectivity index (χ3v) is 4.63. The van der Waals surface area contributed by atoms with Gasteiger partial charge in [-0.3, -0.25) is 9.69 Å². The van der Waals surface area contributed by atoms with Crippen molar-refractivity contribution in [2.24, 2.45) is 0 Å². The maximum atomic E-state index is 12.4. The van der Waals surface area contributed by atoms with Crippen LogP contribution in [-0.2, 0) is 16.1 Å². The number of amides is 1. The summed E-state index contributed by atoms with van der Waals surface area (Å²) in [6, 6.07) is 17.1. The molecule has 2 aromatic rings. The molecule has 0 saturated carbocycles. The first-order valence-electron chi connectivity index (χ1n) is 9.01. The number of esters is 1. The lowest BCUT2D eigenvalue weighted by atomic mass is 10.2. The first-order chi connectivity index (χ1) is 13.2. The zero-order valence-corrected chi connectivity index (χ0v) is 15.5. The Morgan fingerprint density at radius 3 is 2.30 bits per heavy atom. The van der Waals surface area contributed by atoms with Crippen LogP contribution in [0.2, 0.25) is 0 Å². The average Bonchev–Trinajstić information content (AvgIpc) is 2.73. The van der Waals surface area contributed by atoms with Crippen molar-refractivity contribution in [2.75, 3.05) is 39.9 Å². The van der Waals surface area contributed by atoms with Gasteiger partial charge in [0.15, 0.2) is 6.61 Å². The summed E-state index contributed by atoms with van der Waals surface area (Å²) in [5, 5.41) is 0. The van der Waals surface area contributed by atoms with Crippen molar-refractivity contribution >= 4 is 11.9 Å². The van der Waals surface area contributed by atoms with Gasteiger partial charge >= 0.3 is 5.97 Å². The second-order valence-electron chi connectivity index (χ2n) is 6.42. The van der Waals surface area contributed by atoms with Crippen LogP contribution >= 0.6 is 0 Å². The van der Waals surface area contributed by atoms with E-state index in [9.17, 15) is 9.59 Å². The number of ether oxygens (including phenoxy) is 2. The van der Waals surface area contributed by atoms with Crippen molar-refractivity contribution in [1.82, 2.24) is 9.80 Å². The van der Waals surface area contributed by atoms with Crippen molar-refractivity contribution in [3.8, 4) is 5.75 Å². The Balaban J connectivity index is 1.45. The third-order valence-electron chi connectivity index (χ3n) is 4.63. The van der Waals surface area contributed by atoms with Crippen LogP contribution in [0, 0.1) is 0 Å². The number of carbonyl (C=O) groups is 2. The highest BCUT2D eigenvalue weighted by atomic mass is 16.5. The molecule has 2 aromatic carbocycles. The van der Waals surface area contributed by atoms with E-state index >= 15 is 0 Å². The number of rotatable bonds is 6. The molecule has 142 valence electrons. The number of carbonyl (C=O) groups excluding carboxylic acids is 2. The van der Waals surface area contributed by atoms with Crippen LogP contribution in [0.15, 0.2) is 54.6 Å². The van der Waals surface area contributed by atoms with E-state index < -0.39 is 5.97 Å². The van der Waals surface area contributed by atoms with Crippen LogP contribution < -0.4 is 4.74 Å². The molecule has 1 saturated heterocycles. The number of piperazine rings is 1. The summed E-state index contributed by atoms with van der Waals surface area (Å²) in [6.07, 6.45) is 0. The van der Waals surface area contributed by atoms with Crippen LogP contribution in [-0.4, -0.2) is 61.6 Å². The second kappa shape index (κ2) is 9.19. The van der Waals surface area contributed by atoms with E-state index in [4.69, 9.17) is 9.47 Å². The van der Waals surface area contributed by atoms with Gasteiger partial charge < -0.3 is 14.4 Å². The topological polar surface area (TPSA) is 59.1 Å². The number of benzene rings is 2. The van der Waals surface area contributed by atoms with Crippen molar-refractivity contribution < 1.29 is 19.1 Å². The molecule has 0 N–H and O–H groups in total. The van der Waals surface area contributed by atoms with Gasteiger partial charge in [0.1, 0.15) is 11.3 Å². The van der Waals surface area contributed by atoms with Crippen LogP contribution in [0.4, 0.5) is 0 Å². The zero-order chi connectivity index (χ0) is 19.1. The van der Waals surface area contributed by atoms with Gasteiger partial charge in [0, 0.05) is 32.7 Å². The van der Waals surface area contributed by atoms with E-state index in [1.54, 1.807) is 29.2 Å².